The molecule has 0 saturated heterocycles. The lowest BCUT2D eigenvalue weighted by Crippen LogP contribution is -2.14. The largest absolute Gasteiger partial charge is 0.276 e. The summed E-state index contributed by atoms with van der Waals surface area (Å²) in [5.74, 6) is 0. The Hall–Kier alpha value is -0.890. The second kappa shape index (κ2) is 5.62. The number of rotatable bonds is 3. The number of anilines is 1. The fourth-order valence-corrected chi connectivity index (χ4v) is 3.46. The van der Waals surface area contributed by atoms with Crippen molar-refractivity contribution in [2.75, 3.05) is 4.72 Å². The normalized spacial score (nSPS) is 11.3. The van der Waals surface area contributed by atoms with Gasteiger partial charge in [0.2, 0.25) is 0 Å². The van der Waals surface area contributed by atoms with Crippen LogP contribution in [0.15, 0.2) is 40.1 Å². The van der Waals surface area contributed by atoms with Crippen LogP contribution >= 0.6 is 39.1 Å². The third-order valence-electron chi connectivity index (χ3n) is 2.08. The molecule has 0 aliphatic rings. The second-order valence-electron chi connectivity index (χ2n) is 3.40. The number of nitrogens with zero attached hydrogens (tertiary/aromatic N) is 2. The highest BCUT2D eigenvalue weighted by Crippen LogP contribution is 2.27. The molecule has 100 valence electrons. The van der Waals surface area contributed by atoms with Gasteiger partial charge in [0, 0.05) is 16.9 Å². The van der Waals surface area contributed by atoms with Crippen LogP contribution in [0.5, 0.6) is 0 Å². The van der Waals surface area contributed by atoms with Crippen LogP contribution in [0.2, 0.25) is 10.2 Å². The number of aromatic nitrogens is 2. The SMILES string of the molecule is O=S(=O)(Nc1cnccc1Cl)c1cc(Br)cnc1Cl. The molecular formula is C10H6BrCl2N3O2S. The number of hydrogen-bond acceptors (Lipinski definition) is 4. The molecule has 0 amide bonds. The highest BCUT2D eigenvalue weighted by molar-refractivity contribution is 9.10. The van der Waals surface area contributed by atoms with Crippen LogP contribution in [-0.2, 0) is 10.0 Å². The van der Waals surface area contributed by atoms with Gasteiger partial charge in [-0.25, -0.2) is 13.4 Å². The molecular weight excluding hydrogens is 377 g/mol. The average molecular weight is 383 g/mol. The van der Waals surface area contributed by atoms with Crippen LogP contribution in [0, 0.1) is 0 Å². The van der Waals surface area contributed by atoms with Crippen molar-refractivity contribution in [3.05, 3.63) is 45.4 Å². The summed E-state index contributed by atoms with van der Waals surface area (Å²) in [6, 6.07) is 2.82. The third-order valence-corrected chi connectivity index (χ3v) is 4.63. The van der Waals surface area contributed by atoms with E-state index in [1.165, 1.54) is 30.7 Å². The Morgan fingerprint density at radius 3 is 2.68 bits per heavy atom. The monoisotopic (exact) mass is 381 g/mol. The molecule has 0 saturated carbocycles. The van der Waals surface area contributed by atoms with Crippen molar-refractivity contribution in [1.82, 2.24) is 9.97 Å². The number of sulfonamides is 1. The fraction of sp³-hybridized carbons (Fsp3) is 0. The zero-order valence-corrected chi connectivity index (χ0v) is 13.1. The van der Waals surface area contributed by atoms with E-state index in [2.05, 4.69) is 30.6 Å². The maximum Gasteiger partial charge on any atom is 0.265 e. The Morgan fingerprint density at radius 1 is 1.26 bits per heavy atom. The molecule has 0 spiro atoms. The van der Waals surface area contributed by atoms with Crippen LogP contribution < -0.4 is 4.72 Å². The number of pyridine rings is 2. The molecule has 0 radical (unpaired) electrons. The van der Waals surface area contributed by atoms with Crippen molar-refractivity contribution in [2.24, 2.45) is 0 Å². The Kier molecular flexibility index (Phi) is 4.29. The lowest BCUT2D eigenvalue weighted by Gasteiger charge is -2.10. The van der Waals surface area contributed by atoms with Gasteiger partial charge in [-0.05, 0) is 28.1 Å². The minimum absolute atomic E-state index is 0.129. The Morgan fingerprint density at radius 2 is 2.00 bits per heavy atom. The summed E-state index contributed by atoms with van der Waals surface area (Å²) in [6.07, 6.45) is 4.16. The molecule has 2 rings (SSSR count). The zero-order chi connectivity index (χ0) is 14.0. The number of halogens is 3. The first-order valence-corrected chi connectivity index (χ1v) is 7.87. The van der Waals surface area contributed by atoms with E-state index in [-0.39, 0.29) is 20.8 Å². The van der Waals surface area contributed by atoms with Crippen molar-refractivity contribution < 1.29 is 8.42 Å². The Balaban J connectivity index is 2.44. The third kappa shape index (κ3) is 3.36. The fourth-order valence-electron chi connectivity index (χ4n) is 1.24. The molecule has 0 aliphatic carbocycles. The Labute approximate surface area is 128 Å². The zero-order valence-electron chi connectivity index (χ0n) is 9.14. The standard InChI is InChI=1S/C10H6BrCl2N3O2S/c11-6-3-9(10(13)15-4-6)19(17,18)16-8-5-14-2-1-7(8)12/h1-5,16H. The summed E-state index contributed by atoms with van der Waals surface area (Å²) in [6.45, 7) is 0. The predicted octanol–water partition coefficient (Wildman–Crippen LogP) is 3.35. The molecule has 9 heteroatoms. The summed E-state index contributed by atoms with van der Waals surface area (Å²) in [7, 11) is -3.89. The predicted molar refractivity (Wildman–Crippen MR) is 77.0 cm³/mol. The van der Waals surface area contributed by atoms with Crippen LogP contribution in [0.25, 0.3) is 0 Å². The molecule has 2 aromatic rings. The Bertz CT molecular complexity index is 724. The first-order chi connectivity index (χ1) is 8.90. The van der Waals surface area contributed by atoms with E-state index in [4.69, 9.17) is 23.2 Å². The van der Waals surface area contributed by atoms with Crippen molar-refractivity contribution >= 4 is 54.8 Å². The molecule has 19 heavy (non-hydrogen) atoms. The van der Waals surface area contributed by atoms with E-state index in [1.807, 2.05) is 0 Å². The van der Waals surface area contributed by atoms with Crippen molar-refractivity contribution in [1.29, 1.82) is 0 Å². The summed E-state index contributed by atoms with van der Waals surface area (Å²) in [4.78, 5) is 7.40. The van der Waals surface area contributed by atoms with E-state index in [1.54, 1.807) is 0 Å². The summed E-state index contributed by atoms with van der Waals surface area (Å²) < 4.78 is 27.2. The molecule has 2 heterocycles. The van der Waals surface area contributed by atoms with Gasteiger partial charge in [-0.2, -0.15) is 0 Å². The van der Waals surface area contributed by atoms with Crippen molar-refractivity contribution in [3.63, 3.8) is 0 Å². The summed E-state index contributed by atoms with van der Waals surface area (Å²) in [5, 5.41) is 0.105. The molecule has 0 aliphatic heterocycles. The smallest absolute Gasteiger partial charge is 0.265 e. The van der Waals surface area contributed by atoms with Crippen LogP contribution in [-0.4, -0.2) is 18.4 Å². The van der Waals surface area contributed by atoms with E-state index in [0.29, 0.717) is 4.47 Å². The minimum Gasteiger partial charge on any atom is -0.276 e. The molecule has 2 aromatic heterocycles. The van der Waals surface area contributed by atoms with Gasteiger partial charge in [0.15, 0.2) is 0 Å². The summed E-state index contributed by atoms with van der Waals surface area (Å²) in [5.41, 5.74) is 0.167. The second-order valence-corrected chi connectivity index (χ2v) is 6.74. The molecule has 0 fully saturated rings. The van der Waals surface area contributed by atoms with Gasteiger partial charge in [-0.3, -0.25) is 9.71 Å². The first-order valence-electron chi connectivity index (χ1n) is 4.83. The van der Waals surface area contributed by atoms with E-state index in [0.717, 1.165) is 0 Å². The maximum atomic E-state index is 12.2. The summed E-state index contributed by atoms with van der Waals surface area (Å²) >= 11 is 14.8. The number of hydrogen-bond donors (Lipinski definition) is 1. The number of nitrogens with one attached hydrogen (secondary N) is 1. The maximum absolute atomic E-state index is 12.2. The molecule has 1 N–H and O–H groups in total. The van der Waals surface area contributed by atoms with Gasteiger partial charge in [-0.1, -0.05) is 23.2 Å². The topological polar surface area (TPSA) is 72.0 Å². The molecule has 0 bridgehead atoms. The molecule has 0 unspecified atom stereocenters. The van der Waals surface area contributed by atoms with Gasteiger partial charge < -0.3 is 0 Å². The van der Waals surface area contributed by atoms with Crippen molar-refractivity contribution in [3.8, 4) is 0 Å². The van der Waals surface area contributed by atoms with Gasteiger partial charge >= 0.3 is 0 Å². The van der Waals surface area contributed by atoms with Crippen LogP contribution in [0.1, 0.15) is 0 Å². The van der Waals surface area contributed by atoms with E-state index in [9.17, 15) is 8.42 Å². The molecule has 5 nitrogen and oxygen atoms in total. The molecule has 0 aromatic carbocycles. The average Bonchev–Trinajstić information content (AvgIpc) is 2.35. The highest BCUT2D eigenvalue weighted by atomic mass is 79.9. The molecule has 0 atom stereocenters. The first kappa shape index (κ1) is 14.5. The van der Waals surface area contributed by atoms with Gasteiger partial charge in [0.05, 0.1) is 16.9 Å². The van der Waals surface area contributed by atoms with Gasteiger partial charge in [-0.15, -0.1) is 0 Å². The lowest BCUT2D eigenvalue weighted by atomic mass is 10.4. The van der Waals surface area contributed by atoms with Gasteiger partial charge in [0.25, 0.3) is 10.0 Å². The van der Waals surface area contributed by atoms with Crippen LogP contribution in [0.4, 0.5) is 5.69 Å². The van der Waals surface area contributed by atoms with E-state index >= 15 is 0 Å². The highest BCUT2D eigenvalue weighted by Gasteiger charge is 2.20. The quantitative estimate of drug-likeness (QED) is 0.826. The lowest BCUT2D eigenvalue weighted by molar-refractivity contribution is 0.601. The van der Waals surface area contributed by atoms with Crippen LogP contribution in [0.3, 0.4) is 0 Å². The minimum atomic E-state index is -3.89. The van der Waals surface area contributed by atoms with Gasteiger partial charge in [0.1, 0.15) is 10.0 Å². The van der Waals surface area contributed by atoms with Crippen molar-refractivity contribution in [2.45, 2.75) is 4.90 Å². The van der Waals surface area contributed by atoms with E-state index < -0.39 is 10.0 Å².